The van der Waals surface area contributed by atoms with Crippen molar-refractivity contribution in [2.45, 2.75) is 121 Å². The minimum Gasteiger partial charge on any atom is -0.455 e. The number of aromatic amines is 1. The molecule has 2 aliphatic heterocycles. The van der Waals surface area contributed by atoms with Crippen LogP contribution >= 0.6 is 12.2 Å². The van der Waals surface area contributed by atoms with Gasteiger partial charge in [-0.1, -0.05) is 50.2 Å². The van der Waals surface area contributed by atoms with Crippen LogP contribution in [-0.4, -0.2) is 106 Å². The van der Waals surface area contributed by atoms with E-state index in [9.17, 15) is 22.7 Å². The Morgan fingerprint density at radius 3 is 2.45 bits per heavy atom. The van der Waals surface area contributed by atoms with Gasteiger partial charge in [0.15, 0.2) is 5.82 Å². The first-order valence-corrected chi connectivity index (χ1v) is 28.8. The Bertz CT molecular complexity index is 3310. The zero-order chi connectivity index (χ0) is 54.1. The molecule has 5 heterocycles. The Morgan fingerprint density at radius 1 is 0.974 bits per heavy atom. The maximum atomic E-state index is 14.8. The number of amides is 1. The SMILES string of the molecule is CC(C)=Nc1ccc(CN2CCN(C3CC4(CCN(c5ccc(C(=O)NS(=O)(=O)c6cnc(NCC7CCC(C)(O)CC7)c(N=C=S)c6)c(Oc6cnc7[nH]cc(F)c7c6)c5)CC4)C3)[C@H](c3ccccc3C(C)C)C2)cc1. The number of sulfonamides is 1. The van der Waals surface area contributed by atoms with E-state index in [1.807, 2.05) is 26.8 Å². The average Bonchev–Trinajstić information content (AvgIpc) is 3.78. The van der Waals surface area contributed by atoms with Crippen molar-refractivity contribution >= 4 is 72.9 Å². The number of thiocarbonyl (C=S) groups is 1. The van der Waals surface area contributed by atoms with Crippen LogP contribution in [0.5, 0.6) is 11.5 Å². The molecule has 4 fully saturated rings. The summed E-state index contributed by atoms with van der Waals surface area (Å²) in [6.07, 6.45) is 11.1. The molecule has 1 amide bonds. The van der Waals surface area contributed by atoms with Crippen LogP contribution in [0.25, 0.3) is 11.0 Å². The molecule has 3 aromatic heterocycles. The normalized spacial score (nSPS) is 21.1. The van der Waals surface area contributed by atoms with Gasteiger partial charge in [-0.2, -0.15) is 4.99 Å². The topological polar surface area (TPSA) is 181 Å². The second-order valence-corrected chi connectivity index (χ2v) is 24.4. The minimum atomic E-state index is -4.51. The molecule has 2 saturated heterocycles. The predicted molar refractivity (Wildman–Crippen MR) is 304 cm³/mol. The number of benzene rings is 3. The number of nitrogens with zero attached hydrogens (tertiary/aromatic N) is 7. The lowest BCUT2D eigenvalue weighted by molar-refractivity contribution is -0.0628. The Morgan fingerprint density at radius 2 is 1.73 bits per heavy atom. The number of pyridine rings is 2. The Kier molecular flexibility index (Phi) is 15.8. The standard InChI is InChI=1S/C59H69FN10O5S2/c1-38(2)47-8-6-7-9-48(47)53-36-68(35-41-10-12-42(13-11-41)66-39(3)4)24-25-70(53)44-29-59(30-44)20-22-69(23-21-59)43-14-15-49(54(26-43)75-45-27-50-51(60)34-64-55(50)62-32-45)57(71)67-77(73,74)46-28-52(65-37-76)56(63-33-46)61-31-40-16-18-58(5,72)19-17-40/h6-15,26-28,32-34,38,40,44,53,72H,16-25,29-31,35-36H2,1-5H3,(H,61,63)(H,62,64)(H,67,71)/t40?,53-,58?/m0/s1. The number of halogens is 1. The molecule has 0 unspecified atom stereocenters. The van der Waals surface area contributed by atoms with Crippen molar-refractivity contribution in [3.8, 4) is 11.5 Å². The predicted octanol–water partition coefficient (Wildman–Crippen LogP) is 11.6. The van der Waals surface area contributed by atoms with Gasteiger partial charge < -0.3 is 25.0 Å². The molecule has 2 aliphatic carbocycles. The second-order valence-electron chi connectivity index (χ2n) is 22.5. The van der Waals surface area contributed by atoms with E-state index in [1.165, 1.54) is 41.2 Å². The summed E-state index contributed by atoms with van der Waals surface area (Å²) in [5.41, 5.74) is 6.94. The highest BCUT2D eigenvalue weighted by molar-refractivity contribution is 7.90. The van der Waals surface area contributed by atoms with Crippen molar-refractivity contribution in [2.24, 2.45) is 21.3 Å². The number of ether oxygens (including phenoxy) is 1. The Balaban J connectivity index is 0.834. The molecular weight excluding hydrogens is 1010 g/mol. The number of rotatable bonds is 16. The third-order valence-corrected chi connectivity index (χ3v) is 17.7. The number of aliphatic hydroxyl groups is 1. The number of carbonyl (C=O) groups excluding carboxylic acids is 1. The van der Waals surface area contributed by atoms with Crippen LogP contribution in [-0.2, 0) is 16.6 Å². The minimum absolute atomic E-state index is 0.0551. The molecule has 15 nitrogen and oxygen atoms in total. The largest absolute Gasteiger partial charge is 0.455 e. The van der Waals surface area contributed by atoms with Crippen molar-refractivity contribution in [1.29, 1.82) is 0 Å². The van der Waals surface area contributed by atoms with Crippen LogP contribution in [0.1, 0.15) is 125 Å². The summed E-state index contributed by atoms with van der Waals surface area (Å²) in [5.74, 6) is -0.201. The first kappa shape index (κ1) is 54.0. The zero-order valence-corrected chi connectivity index (χ0v) is 46.2. The molecule has 10 rings (SSSR count). The molecule has 2 saturated carbocycles. The number of hydrogen-bond donors (Lipinski definition) is 4. The van der Waals surface area contributed by atoms with E-state index in [-0.39, 0.29) is 50.4 Å². The zero-order valence-electron chi connectivity index (χ0n) is 44.6. The number of isothiocyanates is 1. The summed E-state index contributed by atoms with van der Waals surface area (Å²) in [6.45, 7) is 16.5. The van der Waals surface area contributed by atoms with Crippen molar-refractivity contribution < 1.29 is 27.4 Å². The summed E-state index contributed by atoms with van der Waals surface area (Å²) in [4.78, 5) is 41.8. The molecule has 3 aromatic carbocycles. The molecule has 77 heavy (non-hydrogen) atoms. The number of piperazine rings is 1. The molecule has 6 aromatic rings. The number of anilines is 2. The first-order chi connectivity index (χ1) is 36.9. The van der Waals surface area contributed by atoms with Gasteiger partial charge in [0.05, 0.1) is 33.6 Å². The molecular formula is C59H69FN10O5S2. The number of H-pyrrole nitrogens is 1. The maximum Gasteiger partial charge on any atom is 0.268 e. The van der Waals surface area contributed by atoms with Crippen molar-refractivity contribution in [3.63, 3.8) is 0 Å². The fourth-order valence-corrected chi connectivity index (χ4v) is 13.0. The summed E-state index contributed by atoms with van der Waals surface area (Å²) < 4.78 is 51.2. The van der Waals surface area contributed by atoms with Crippen LogP contribution in [0.2, 0.25) is 0 Å². The smallest absolute Gasteiger partial charge is 0.268 e. The summed E-state index contributed by atoms with van der Waals surface area (Å²) in [6, 6.07) is 26.3. The monoisotopic (exact) mass is 1080 g/mol. The number of nitrogens with one attached hydrogen (secondary N) is 3. The lowest BCUT2D eigenvalue weighted by atomic mass is 9.59. The van der Waals surface area contributed by atoms with E-state index in [2.05, 4.69) is 117 Å². The van der Waals surface area contributed by atoms with E-state index in [0.717, 1.165) is 101 Å². The first-order valence-electron chi connectivity index (χ1n) is 26.9. The van der Waals surface area contributed by atoms with Gasteiger partial charge in [-0.15, -0.1) is 0 Å². The van der Waals surface area contributed by atoms with E-state index in [4.69, 9.17) is 17.0 Å². The fraction of sp³-hybridized carbons (Fsp3) is 0.441. The average molecular weight is 1080 g/mol. The third kappa shape index (κ3) is 12.3. The molecule has 0 radical (unpaired) electrons. The van der Waals surface area contributed by atoms with Gasteiger partial charge in [0.2, 0.25) is 0 Å². The molecule has 404 valence electrons. The van der Waals surface area contributed by atoms with Crippen LogP contribution in [0.15, 0.2) is 112 Å². The van der Waals surface area contributed by atoms with Gasteiger partial charge in [0.1, 0.15) is 33.5 Å². The molecule has 4 N–H and O–H groups in total. The Hall–Kier alpha value is -6.40. The molecule has 18 heteroatoms. The van der Waals surface area contributed by atoms with Crippen molar-refractivity contribution in [2.75, 3.05) is 49.5 Å². The van der Waals surface area contributed by atoms with Crippen molar-refractivity contribution in [1.82, 2.24) is 29.5 Å². The molecule has 0 bridgehead atoms. The lowest BCUT2D eigenvalue weighted by Crippen LogP contribution is -2.60. The highest BCUT2D eigenvalue weighted by Gasteiger charge is 2.50. The highest BCUT2D eigenvalue weighted by atomic mass is 32.2. The van der Waals surface area contributed by atoms with E-state index < -0.39 is 27.3 Å². The van der Waals surface area contributed by atoms with Gasteiger partial charge in [-0.25, -0.2) is 27.5 Å². The number of aliphatic imine (C=N–C) groups is 2. The number of piperidine rings is 1. The number of carbonyl (C=O) groups is 1. The summed E-state index contributed by atoms with van der Waals surface area (Å²) >= 11 is 4.89. The number of fused-ring (bicyclic) bond motifs is 1. The van der Waals surface area contributed by atoms with Crippen LogP contribution in [0, 0.1) is 17.2 Å². The quantitative estimate of drug-likeness (QED) is 0.0533. The van der Waals surface area contributed by atoms with Gasteiger partial charge in [-0.05, 0) is 155 Å². The summed E-state index contributed by atoms with van der Waals surface area (Å²) in [7, 11) is -4.51. The van der Waals surface area contributed by atoms with Gasteiger partial charge in [0.25, 0.3) is 15.9 Å². The van der Waals surface area contributed by atoms with E-state index in [0.29, 0.717) is 42.8 Å². The van der Waals surface area contributed by atoms with Crippen LogP contribution in [0.3, 0.4) is 0 Å². The van der Waals surface area contributed by atoms with Gasteiger partial charge in [-0.3, -0.25) is 19.6 Å². The van der Waals surface area contributed by atoms with Crippen molar-refractivity contribution in [3.05, 3.63) is 126 Å². The van der Waals surface area contributed by atoms with Gasteiger partial charge in [0, 0.05) is 87.8 Å². The van der Waals surface area contributed by atoms with E-state index >= 15 is 0 Å². The highest BCUT2D eigenvalue weighted by Crippen LogP contribution is 2.53. The fourth-order valence-electron chi connectivity index (χ4n) is 12.0. The Labute approximate surface area is 456 Å². The third-order valence-electron chi connectivity index (χ3n) is 16.4. The molecule has 1 atom stereocenters. The van der Waals surface area contributed by atoms with Crippen LogP contribution in [0.4, 0.5) is 27.3 Å². The summed E-state index contributed by atoms with van der Waals surface area (Å²) in [5, 5.41) is 16.1. The lowest BCUT2D eigenvalue weighted by Gasteiger charge is -2.58. The number of hydrogen-bond acceptors (Lipinski definition) is 14. The van der Waals surface area contributed by atoms with E-state index in [1.54, 1.807) is 12.1 Å². The van der Waals surface area contributed by atoms with Gasteiger partial charge >= 0.3 is 0 Å². The second kappa shape index (κ2) is 22.5. The molecule has 4 aliphatic rings. The molecule has 1 spiro atoms. The maximum absolute atomic E-state index is 14.8. The number of aromatic nitrogens is 3. The van der Waals surface area contributed by atoms with Crippen LogP contribution < -0.4 is 19.7 Å².